The molecule has 17 heavy (non-hydrogen) atoms. The highest BCUT2D eigenvalue weighted by Crippen LogP contribution is 2.31. The normalized spacial score (nSPS) is 27.2. The number of thiophene rings is 1. The third-order valence-corrected chi connectivity index (χ3v) is 7.51. The molecule has 2 heterocycles. The van der Waals surface area contributed by atoms with Crippen LogP contribution in [0.5, 0.6) is 0 Å². The number of hydrogen-bond acceptors (Lipinski definition) is 3. The fraction of sp³-hybridized carbons (Fsp3) is 0.600. The molecule has 0 bridgehead atoms. The van der Waals surface area contributed by atoms with Gasteiger partial charge in [0.1, 0.15) is 4.21 Å². The van der Waals surface area contributed by atoms with Crippen LogP contribution in [0.3, 0.4) is 0 Å². The van der Waals surface area contributed by atoms with Crippen LogP contribution >= 0.6 is 38.9 Å². The predicted octanol–water partition coefficient (Wildman–Crippen LogP) is 3.15. The van der Waals surface area contributed by atoms with Gasteiger partial charge < -0.3 is 0 Å². The van der Waals surface area contributed by atoms with Gasteiger partial charge in [0.15, 0.2) is 0 Å². The molecule has 0 radical (unpaired) electrons. The standard InChI is InChI=1S/C10H13BrClNO2S2/c1-7-6-13(5-4-8(7)12)17(14,15)10-3-2-9(11)16-10/h2-3,7-8H,4-6H2,1H3. The topological polar surface area (TPSA) is 37.4 Å². The van der Waals surface area contributed by atoms with Crippen LogP contribution in [0.15, 0.2) is 20.1 Å². The largest absolute Gasteiger partial charge is 0.252 e. The van der Waals surface area contributed by atoms with E-state index in [-0.39, 0.29) is 11.3 Å². The number of rotatable bonds is 2. The van der Waals surface area contributed by atoms with Gasteiger partial charge in [-0.15, -0.1) is 22.9 Å². The molecule has 1 aromatic rings. The minimum atomic E-state index is -3.33. The van der Waals surface area contributed by atoms with E-state index in [9.17, 15) is 8.42 Å². The van der Waals surface area contributed by atoms with Crippen molar-refractivity contribution in [1.82, 2.24) is 4.31 Å². The highest BCUT2D eigenvalue weighted by molar-refractivity contribution is 9.11. The van der Waals surface area contributed by atoms with Gasteiger partial charge in [-0.25, -0.2) is 8.42 Å². The maximum Gasteiger partial charge on any atom is 0.252 e. The zero-order valence-electron chi connectivity index (χ0n) is 9.27. The number of nitrogens with zero attached hydrogens (tertiary/aromatic N) is 1. The fourth-order valence-corrected chi connectivity index (χ4v) is 5.76. The number of hydrogen-bond donors (Lipinski definition) is 0. The molecule has 0 aliphatic carbocycles. The third kappa shape index (κ3) is 2.87. The van der Waals surface area contributed by atoms with Crippen molar-refractivity contribution in [2.45, 2.75) is 22.9 Å². The molecular weight excluding hydrogens is 346 g/mol. The van der Waals surface area contributed by atoms with Crippen molar-refractivity contribution in [3.8, 4) is 0 Å². The maximum atomic E-state index is 12.3. The molecule has 1 aliphatic rings. The van der Waals surface area contributed by atoms with Crippen LogP contribution in [0.4, 0.5) is 0 Å². The number of sulfonamides is 1. The summed E-state index contributed by atoms with van der Waals surface area (Å²) in [5.74, 6) is 0.198. The molecule has 1 saturated heterocycles. The summed E-state index contributed by atoms with van der Waals surface area (Å²) in [7, 11) is -3.33. The van der Waals surface area contributed by atoms with E-state index in [1.54, 1.807) is 12.1 Å². The van der Waals surface area contributed by atoms with E-state index in [1.807, 2.05) is 6.92 Å². The molecule has 2 unspecified atom stereocenters. The summed E-state index contributed by atoms with van der Waals surface area (Å²) in [4.78, 5) is 0. The van der Waals surface area contributed by atoms with E-state index >= 15 is 0 Å². The first kappa shape index (κ1) is 13.8. The smallest absolute Gasteiger partial charge is 0.206 e. The quantitative estimate of drug-likeness (QED) is 0.762. The number of halogens is 2. The van der Waals surface area contributed by atoms with Gasteiger partial charge in [-0.1, -0.05) is 6.92 Å². The van der Waals surface area contributed by atoms with E-state index in [1.165, 1.54) is 15.6 Å². The van der Waals surface area contributed by atoms with Crippen LogP contribution in [0.25, 0.3) is 0 Å². The Morgan fingerprint density at radius 2 is 2.24 bits per heavy atom. The van der Waals surface area contributed by atoms with Gasteiger partial charge in [0.2, 0.25) is 0 Å². The van der Waals surface area contributed by atoms with Crippen LogP contribution in [-0.4, -0.2) is 31.2 Å². The Morgan fingerprint density at radius 1 is 1.53 bits per heavy atom. The second kappa shape index (κ2) is 5.17. The maximum absolute atomic E-state index is 12.3. The Labute approximate surface area is 119 Å². The van der Waals surface area contributed by atoms with E-state index in [0.717, 1.165) is 3.79 Å². The van der Waals surface area contributed by atoms with Crippen LogP contribution in [0, 0.1) is 5.92 Å². The van der Waals surface area contributed by atoms with Gasteiger partial charge in [0, 0.05) is 18.5 Å². The molecule has 1 fully saturated rings. The zero-order chi connectivity index (χ0) is 12.6. The molecule has 7 heteroatoms. The minimum Gasteiger partial charge on any atom is -0.206 e. The molecule has 0 aromatic carbocycles. The Kier molecular flexibility index (Phi) is 4.20. The number of piperidine rings is 1. The lowest BCUT2D eigenvalue weighted by Crippen LogP contribution is -2.43. The first-order valence-corrected chi connectivity index (χ1v) is 8.79. The molecule has 0 N–H and O–H groups in total. The second-order valence-corrected chi connectivity index (χ2v) is 9.39. The first-order chi connectivity index (χ1) is 7.91. The Bertz CT molecular complexity index is 502. The monoisotopic (exact) mass is 357 g/mol. The summed E-state index contributed by atoms with van der Waals surface area (Å²) in [5, 5.41) is 0.0801. The van der Waals surface area contributed by atoms with Crippen molar-refractivity contribution in [3.63, 3.8) is 0 Å². The van der Waals surface area contributed by atoms with Crippen molar-refractivity contribution in [1.29, 1.82) is 0 Å². The van der Waals surface area contributed by atoms with E-state index < -0.39 is 10.0 Å². The Balaban J connectivity index is 2.22. The van der Waals surface area contributed by atoms with E-state index in [2.05, 4.69) is 15.9 Å². The summed E-state index contributed by atoms with van der Waals surface area (Å²) in [6.45, 7) is 3.01. The molecule has 1 aliphatic heterocycles. The zero-order valence-corrected chi connectivity index (χ0v) is 13.2. The lowest BCUT2D eigenvalue weighted by Gasteiger charge is -2.32. The van der Waals surface area contributed by atoms with Gasteiger partial charge in [-0.3, -0.25) is 0 Å². The van der Waals surface area contributed by atoms with Crippen LogP contribution in [0.1, 0.15) is 13.3 Å². The average Bonchev–Trinajstić information content (AvgIpc) is 2.69. The minimum absolute atomic E-state index is 0.0801. The van der Waals surface area contributed by atoms with Gasteiger partial charge in [0.05, 0.1) is 3.79 Å². The van der Waals surface area contributed by atoms with Crippen LogP contribution < -0.4 is 0 Å². The molecule has 1 aromatic heterocycles. The molecule has 0 spiro atoms. The van der Waals surface area contributed by atoms with Gasteiger partial charge >= 0.3 is 0 Å². The number of alkyl halides is 1. The van der Waals surface area contributed by atoms with Gasteiger partial charge in [0.25, 0.3) is 10.0 Å². The Morgan fingerprint density at radius 3 is 2.76 bits per heavy atom. The molecule has 0 saturated carbocycles. The summed E-state index contributed by atoms with van der Waals surface area (Å²) in [6, 6.07) is 3.40. The van der Waals surface area contributed by atoms with Gasteiger partial charge in [-0.05, 0) is 40.4 Å². The summed E-state index contributed by atoms with van der Waals surface area (Å²) in [6.07, 6.45) is 0.717. The van der Waals surface area contributed by atoms with Gasteiger partial charge in [-0.2, -0.15) is 4.31 Å². The van der Waals surface area contributed by atoms with Crippen molar-refractivity contribution in [2.24, 2.45) is 5.92 Å². The lowest BCUT2D eigenvalue weighted by molar-refractivity contribution is 0.286. The highest BCUT2D eigenvalue weighted by atomic mass is 79.9. The summed E-state index contributed by atoms with van der Waals surface area (Å²) >= 11 is 10.6. The third-order valence-electron chi connectivity index (χ3n) is 2.91. The van der Waals surface area contributed by atoms with E-state index in [4.69, 9.17) is 11.6 Å². The fourth-order valence-electron chi connectivity index (χ4n) is 1.86. The molecule has 2 rings (SSSR count). The molecule has 2 atom stereocenters. The average molecular weight is 359 g/mol. The highest BCUT2D eigenvalue weighted by Gasteiger charge is 2.33. The van der Waals surface area contributed by atoms with Crippen molar-refractivity contribution < 1.29 is 8.42 Å². The molecule has 0 amide bonds. The van der Waals surface area contributed by atoms with Crippen molar-refractivity contribution in [2.75, 3.05) is 13.1 Å². The SMILES string of the molecule is CC1CN(S(=O)(=O)c2ccc(Br)s2)CCC1Cl. The van der Waals surface area contributed by atoms with Crippen LogP contribution in [-0.2, 0) is 10.0 Å². The lowest BCUT2D eigenvalue weighted by atomic mass is 10.0. The molecule has 3 nitrogen and oxygen atoms in total. The van der Waals surface area contributed by atoms with E-state index in [0.29, 0.717) is 23.7 Å². The second-order valence-electron chi connectivity index (χ2n) is 4.20. The van der Waals surface area contributed by atoms with Crippen molar-refractivity contribution in [3.05, 3.63) is 15.9 Å². The van der Waals surface area contributed by atoms with Crippen molar-refractivity contribution >= 4 is 48.9 Å². The molecule has 96 valence electrons. The molecular formula is C10H13BrClNO2S2. The first-order valence-electron chi connectivity index (χ1n) is 5.31. The summed E-state index contributed by atoms with van der Waals surface area (Å²) < 4.78 is 27.4. The Hall–Kier alpha value is 0.380. The van der Waals surface area contributed by atoms with Crippen LogP contribution in [0.2, 0.25) is 0 Å². The predicted molar refractivity (Wildman–Crippen MR) is 74.2 cm³/mol. The summed E-state index contributed by atoms with van der Waals surface area (Å²) in [5.41, 5.74) is 0.